The summed E-state index contributed by atoms with van der Waals surface area (Å²) in [6.45, 7) is 9.03. The van der Waals surface area contributed by atoms with Gasteiger partial charge in [-0.25, -0.2) is 0 Å². The second-order valence-corrected chi connectivity index (χ2v) is 9.08. The third-order valence-electron chi connectivity index (χ3n) is 6.96. The number of carbonyl (C=O) groups is 1. The largest absolute Gasteiger partial charge is 0.497 e. The minimum absolute atomic E-state index is 0.100. The van der Waals surface area contributed by atoms with Crippen molar-refractivity contribution in [3.8, 4) is 17.5 Å². The number of aryl methyl sites for hydroxylation is 1. The van der Waals surface area contributed by atoms with Crippen LogP contribution in [0.15, 0.2) is 35.9 Å². The van der Waals surface area contributed by atoms with E-state index in [2.05, 4.69) is 20.9 Å². The molecule has 0 radical (unpaired) electrons. The number of nitriles is 1. The van der Waals surface area contributed by atoms with Crippen molar-refractivity contribution < 1.29 is 19.0 Å². The van der Waals surface area contributed by atoms with Gasteiger partial charge in [-0.05, 0) is 62.2 Å². The van der Waals surface area contributed by atoms with Crippen molar-refractivity contribution in [1.82, 2.24) is 14.8 Å². The fourth-order valence-corrected chi connectivity index (χ4v) is 5.02. The first-order valence-corrected chi connectivity index (χ1v) is 12.1. The van der Waals surface area contributed by atoms with Gasteiger partial charge >= 0.3 is 0 Å². The lowest BCUT2D eigenvalue weighted by molar-refractivity contribution is -0.117. The molecule has 8 heteroatoms. The molecule has 8 nitrogen and oxygen atoms in total. The molecule has 2 unspecified atom stereocenters. The van der Waals surface area contributed by atoms with Crippen molar-refractivity contribution in [1.29, 1.82) is 5.26 Å². The quantitative estimate of drug-likeness (QED) is 0.464. The van der Waals surface area contributed by atoms with E-state index in [-0.39, 0.29) is 17.5 Å². The number of methoxy groups -OCH3 is 1. The Morgan fingerprint density at radius 1 is 1.23 bits per heavy atom. The number of ether oxygens (including phenoxy) is 3. The molecule has 2 aromatic rings. The Hall–Kier alpha value is -3.12. The minimum atomic E-state index is -0.348. The molecule has 1 N–H and O–H groups in total. The Morgan fingerprint density at radius 3 is 2.60 bits per heavy atom. The number of nitrogens with zero attached hydrogens (tertiary/aromatic N) is 3. The van der Waals surface area contributed by atoms with E-state index in [1.54, 1.807) is 13.2 Å². The molecule has 186 valence electrons. The molecular formula is C27H34N4O4. The molecule has 0 spiro atoms. The second kappa shape index (κ2) is 11.5. The molecule has 2 aliphatic heterocycles. The fraction of sp³-hybridized carbons (Fsp3) is 0.481. The van der Waals surface area contributed by atoms with Gasteiger partial charge in [0.2, 0.25) is 0 Å². The van der Waals surface area contributed by atoms with E-state index in [0.29, 0.717) is 32.3 Å². The van der Waals surface area contributed by atoms with Gasteiger partial charge in [0.05, 0.1) is 26.9 Å². The normalized spacial score (nSPS) is 19.8. The van der Waals surface area contributed by atoms with Crippen LogP contribution in [0.1, 0.15) is 23.4 Å². The maximum atomic E-state index is 13.0. The first kappa shape index (κ1) is 25.0. The van der Waals surface area contributed by atoms with Crippen molar-refractivity contribution in [3.05, 3.63) is 52.9 Å². The van der Waals surface area contributed by atoms with E-state index >= 15 is 0 Å². The molecule has 2 aliphatic rings. The summed E-state index contributed by atoms with van der Waals surface area (Å²) >= 11 is 0. The molecule has 3 heterocycles. The number of carbonyl (C=O) groups excluding carboxylic acids is 1. The molecule has 0 bridgehead atoms. The summed E-state index contributed by atoms with van der Waals surface area (Å²) in [5.41, 5.74) is 3.92. The smallest absolute Gasteiger partial charge is 0.262 e. The molecule has 0 saturated carbocycles. The van der Waals surface area contributed by atoms with Crippen LogP contribution >= 0.6 is 0 Å². The molecule has 2 saturated heterocycles. The zero-order valence-electron chi connectivity index (χ0n) is 20.8. The third-order valence-corrected chi connectivity index (χ3v) is 6.96. The van der Waals surface area contributed by atoms with Gasteiger partial charge in [-0.2, -0.15) is 5.26 Å². The first-order valence-electron chi connectivity index (χ1n) is 12.1. The van der Waals surface area contributed by atoms with Crippen molar-refractivity contribution in [2.45, 2.75) is 26.3 Å². The van der Waals surface area contributed by atoms with Crippen LogP contribution in [0.2, 0.25) is 0 Å². The van der Waals surface area contributed by atoms with Crippen LogP contribution in [0.4, 0.5) is 0 Å². The standard InChI is InChI=1S/C27H34N4O4/c1-19-14-22(20(2)31(19)24-4-6-25(33-3)7-5-24)15-23(16-28)27(32)29-17-26(21-8-11-35-18-21)30-9-12-34-13-10-30/h4-7,14-15,21,26H,8-13,17-18H2,1-3H3,(H,29,32)/b23-15-. The lowest BCUT2D eigenvalue weighted by Gasteiger charge is -2.37. The molecule has 1 amide bonds. The van der Waals surface area contributed by atoms with E-state index in [4.69, 9.17) is 14.2 Å². The van der Waals surface area contributed by atoms with Gasteiger partial charge in [-0.1, -0.05) is 0 Å². The topological polar surface area (TPSA) is 88.8 Å². The Morgan fingerprint density at radius 2 is 1.97 bits per heavy atom. The number of rotatable bonds is 8. The highest BCUT2D eigenvalue weighted by Crippen LogP contribution is 2.25. The van der Waals surface area contributed by atoms with Crippen LogP contribution in [-0.4, -0.2) is 74.6 Å². The predicted molar refractivity (Wildman–Crippen MR) is 134 cm³/mol. The van der Waals surface area contributed by atoms with Gasteiger partial charge in [0.25, 0.3) is 5.91 Å². The number of aromatic nitrogens is 1. The average Bonchev–Trinajstić information content (AvgIpc) is 3.51. The monoisotopic (exact) mass is 478 g/mol. The zero-order chi connectivity index (χ0) is 24.8. The van der Waals surface area contributed by atoms with E-state index in [9.17, 15) is 10.1 Å². The highest BCUT2D eigenvalue weighted by molar-refractivity contribution is 6.01. The van der Waals surface area contributed by atoms with Gasteiger partial charge in [0.15, 0.2) is 0 Å². The fourth-order valence-electron chi connectivity index (χ4n) is 5.02. The van der Waals surface area contributed by atoms with E-state index in [1.807, 2.05) is 44.2 Å². The number of hydrogen-bond donors (Lipinski definition) is 1. The molecule has 2 atom stereocenters. The number of nitrogens with one attached hydrogen (secondary N) is 1. The molecular weight excluding hydrogens is 444 g/mol. The van der Waals surface area contributed by atoms with Crippen LogP contribution in [0.3, 0.4) is 0 Å². The lowest BCUT2D eigenvalue weighted by atomic mass is 9.96. The summed E-state index contributed by atoms with van der Waals surface area (Å²) in [6.07, 6.45) is 2.66. The van der Waals surface area contributed by atoms with Gasteiger partial charge in [-0.3, -0.25) is 9.69 Å². The maximum Gasteiger partial charge on any atom is 0.262 e. The van der Waals surface area contributed by atoms with Crippen LogP contribution in [-0.2, 0) is 14.3 Å². The summed E-state index contributed by atoms with van der Waals surface area (Å²) in [4.78, 5) is 15.4. The second-order valence-electron chi connectivity index (χ2n) is 9.08. The van der Waals surface area contributed by atoms with Crippen LogP contribution in [0, 0.1) is 31.1 Å². The summed E-state index contributed by atoms with van der Waals surface area (Å²) in [7, 11) is 1.64. The summed E-state index contributed by atoms with van der Waals surface area (Å²) < 4.78 is 18.5. The molecule has 35 heavy (non-hydrogen) atoms. The number of morpholine rings is 1. The molecule has 1 aromatic carbocycles. The molecule has 4 rings (SSSR count). The number of amides is 1. The maximum absolute atomic E-state index is 13.0. The van der Waals surface area contributed by atoms with E-state index in [0.717, 1.165) is 54.5 Å². The van der Waals surface area contributed by atoms with E-state index in [1.165, 1.54) is 0 Å². The Balaban J connectivity index is 1.49. The third kappa shape index (κ3) is 5.76. The zero-order valence-corrected chi connectivity index (χ0v) is 20.8. The van der Waals surface area contributed by atoms with Crippen molar-refractivity contribution in [3.63, 3.8) is 0 Å². The molecule has 1 aromatic heterocycles. The van der Waals surface area contributed by atoms with Gasteiger partial charge in [0, 0.05) is 55.3 Å². The predicted octanol–water partition coefficient (Wildman–Crippen LogP) is 2.86. The average molecular weight is 479 g/mol. The van der Waals surface area contributed by atoms with Crippen molar-refractivity contribution in [2.24, 2.45) is 5.92 Å². The summed E-state index contributed by atoms with van der Waals surface area (Å²) in [5.74, 6) is 0.810. The molecule has 0 aliphatic carbocycles. The first-order chi connectivity index (χ1) is 17.0. The van der Waals surface area contributed by atoms with E-state index < -0.39 is 0 Å². The van der Waals surface area contributed by atoms with Crippen LogP contribution < -0.4 is 10.1 Å². The number of benzene rings is 1. The van der Waals surface area contributed by atoms with Crippen LogP contribution in [0.25, 0.3) is 11.8 Å². The highest BCUT2D eigenvalue weighted by atomic mass is 16.5. The highest BCUT2D eigenvalue weighted by Gasteiger charge is 2.32. The Labute approximate surface area is 207 Å². The summed E-state index contributed by atoms with van der Waals surface area (Å²) in [6, 6.07) is 12.1. The SMILES string of the molecule is COc1ccc(-n2c(C)cc(/C=C(/C#N)C(=O)NCC(C3CCOC3)N3CCOCC3)c2C)cc1. The van der Waals surface area contributed by atoms with Gasteiger partial charge in [-0.15, -0.1) is 0 Å². The lowest BCUT2D eigenvalue weighted by Crippen LogP contribution is -2.52. The van der Waals surface area contributed by atoms with Crippen molar-refractivity contribution in [2.75, 3.05) is 53.2 Å². The number of hydrogen-bond acceptors (Lipinski definition) is 6. The van der Waals surface area contributed by atoms with Gasteiger partial charge in [0.1, 0.15) is 17.4 Å². The summed E-state index contributed by atoms with van der Waals surface area (Å²) in [5, 5.41) is 12.8. The van der Waals surface area contributed by atoms with Crippen LogP contribution in [0.5, 0.6) is 5.75 Å². The minimum Gasteiger partial charge on any atom is -0.497 e. The Kier molecular flexibility index (Phi) is 8.24. The van der Waals surface area contributed by atoms with Gasteiger partial charge < -0.3 is 24.1 Å². The Bertz CT molecular complexity index is 1090. The molecule has 2 fully saturated rings. The van der Waals surface area contributed by atoms with Crippen molar-refractivity contribution >= 4 is 12.0 Å².